The molecule has 0 bridgehead atoms. The number of nitrogens with zero attached hydrogens (tertiary/aromatic N) is 2. The van der Waals surface area contributed by atoms with Gasteiger partial charge >= 0.3 is 12.1 Å². The molecule has 3 rings (SSSR count). The molecule has 1 aliphatic rings. The fraction of sp³-hybridized carbons (Fsp3) is 0.389. The van der Waals surface area contributed by atoms with Crippen molar-refractivity contribution in [2.75, 3.05) is 13.1 Å². The first-order chi connectivity index (χ1) is 12.7. The first-order valence-corrected chi connectivity index (χ1v) is 8.29. The quantitative estimate of drug-likeness (QED) is 0.777. The fourth-order valence-electron chi connectivity index (χ4n) is 3.05. The lowest BCUT2D eigenvalue weighted by Crippen LogP contribution is -2.38. The molecule has 2 heterocycles. The summed E-state index contributed by atoms with van der Waals surface area (Å²) in [7, 11) is 0. The van der Waals surface area contributed by atoms with Crippen molar-refractivity contribution >= 4 is 0 Å². The molecule has 1 aromatic heterocycles. The minimum atomic E-state index is -5.71. The molecule has 4 nitrogen and oxygen atoms in total. The van der Waals surface area contributed by atoms with Gasteiger partial charge in [-0.25, -0.2) is 0 Å². The molecule has 0 aliphatic carbocycles. The number of aromatic hydroxyl groups is 1. The van der Waals surface area contributed by atoms with Crippen LogP contribution in [0.2, 0.25) is 0 Å². The van der Waals surface area contributed by atoms with Crippen molar-refractivity contribution in [3.05, 3.63) is 53.9 Å². The predicted molar refractivity (Wildman–Crippen MR) is 86.5 cm³/mol. The van der Waals surface area contributed by atoms with E-state index in [1.807, 2.05) is 0 Å². The number of hydroxylamine groups is 2. The van der Waals surface area contributed by atoms with E-state index < -0.39 is 23.4 Å². The lowest BCUT2D eigenvalue weighted by atomic mass is 9.91. The van der Waals surface area contributed by atoms with E-state index in [4.69, 9.17) is 4.84 Å². The molecule has 1 saturated heterocycles. The third-order valence-corrected chi connectivity index (χ3v) is 4.48. The van der Waals surface area contributed by atoms with E-state index in [1.54, 1.807) is 12.3 Å². The average molecular weight is 388 g/mol. The number of alkyl halides is 5. The number of halogens is 5. The first-order valence-electron chi connectivity index (χ1n) is 8.29. The molecule has 1 aromatic carbocycles. The summed E-state index contributed by atoms with van der Waals surface area (Å²) in [4.78, 5) is 9.29. The number of pyridine rings is 1. The third-order valence-electron chi connectivity index (χ3n) is 4.48. The Bertz CT molecular complexity index is 789. The minimum absolute atomic E-state index is 0.0505. The highest BCUT2D eigenvalue weighted by molar-refractivity contribution is 5.37. The Morgan fingerprint density at radius 2 is 1.70 bits per heavy atom. The molecule has 0 amide bonds. The van der Waals surface area contributed by atoms with Crippen molar-refractivity contribution < 1.29 is 31.9 Å². The second kappa shape index (κ2) is 7.30. The van der Waals surface area contributed by atoms with Crippen LogP contribution < -0.4 is 4.84 Å². The number of hydrogen-bond acceptors (Lipinski definition) is 4. The number of hydrogen-bond donors (Lipinski definition) is 1. The van der Waals surface area contributed by atoms with Crippen molar-refractivity contribution in [3.8, 4) is 11.5 Å². The van der Waals surface area contributed by atoms with Crippen molar-refractivity contribution in [3.63, 3.8) is 0 Å². The van der Waals surface area contributed by atoms with Crippen LogP contribution in [0.3, 0.4) is 0 Å². The Kier molecular flexibility index (Phi) is 5.23. The topological polar surface area (TPSA) is 45.6 Å². The largest absolute Gasteiger partial charge is 0.506 e. The number of piperidine rings is 1. The van der Waals surface area contributed by atoms with Crippen LogP contribution in [0, 0.1) is 0 Å². The van der Waals surface area contributed by atoms with Crippen LogP contribution in [0.1, 0.15) is 29.9 Å². The zero-order valence-corrected chi connectivity index (χ0v) is 14.1. The average Bonchev–Trinajstić information content (AvgIpc) is 2.62. The first kappa shape index (κ1) is 19.3. The van der Waals surface area contributed by atoms with Crippen molar-refractivity contribution in [1.82, 2.24) is 10.0 Å². The molecule has 9 heteroatoms. The maximum Gasteiger partial charge on any atom is 0.458 e. The van der Waals surface area contributed by atoms with Crippen LogP contribution in [0.4, 0.5) is 22.0 Å². The van der Waals surface area contributed by atoms with Gasteiger partial charge in [-0.05, 0) is 42.5 Å². The smallest absolute Gasteiger partial charge is 0.458 e. The molecule has 0 atom stereocenters. The maximum absolute atomic E-state index is 13.7. The Balaban J connectivity index is 1.70. The van der Waals surface area contributed by atoms with Gasteiger partial charge in [0.15, 0.2) is 5.75 Å². The zero-order chi connectivity index (χ0) is 19.7. The van der Waals surface area contributed by atoms with Gasteiger partial charge in [-0.3, -0.25) is 4.98 Å². The van der Waals surface area contributed by atoms with E-state index in [1.165, 1.54) is 17.3 Å². The lowest BCUT2D eigenvalue weighted by Gasteiger charge is -2.32. The van der Waals surface area contributed by atoms with Gasteiger partial charge < -0.3 is 9.94 Å². The molecule has 0 spiro atoms. The standard InChI is InChI=1S/C18H17F5N2O2/c19-17(20,18(21,22)23)15-3-1-2-4-16(15)27-25-7-5-12(6-8-25)13-9-14(26)11-24-10-13/h1-4,9-12,26H,5-8H2. The summed E-state index contributed by atoms with van der Waals surface area (Å²) in [6.45, 7) is 0.679. The summed E-state index contributed by atoms with van der Waals surface area (Å²) in [5.74, 6) is -5.38. The predicted octanol–water partition coefficient (Wildman–Crippen LogP) is 4.61. The molecule has 146 valence electrons. The monoisotopic (exact) mass is 388 g/mol. The summed E-state index contributed by atoms with van der Waals surface area (Å²) < 4.78 is 65.6. The van der Waals surface area contributed by atoms with Gasteiger partial charge in [0, 0.05) is 19.3 Å². The summed E-state index contributed by atoms with van der Waals surface area (Å²) >= 11 is 0. The summed E-state index contributed by atoms with van der Waals surface area (Å²) in [5.41, 5.74) is -0.365. The van der Waals surface area contributed by atoms with Gasteiger partial charge in [0.2, 0.25) is 0 Å². The Hall–Kier alpha value is -2.42. The van der Waals surface area contributed by atoms with Gasteiger partial charge in [-0.15, -0.1) is 5.06 Å². The molecule has 2 aromatic rings. The molecule has 0 saturated carbocycles. The Labute approximate surface area is 152 Å². The van der Waals surface area contributed by atoms with Crippen LogP contribution in [0.25, 0.3) is 0 Å². The lowest BCUT2D eigenvalue weighted by molar-refractivity contribution is -0.290. The van der Waals surface area contributed by atoms with Crippen molar-refractivity contribution in [2.24, 2.45) is 0 Å². The second-order valence-corrected chi connectivity index (χ2v) is 6.34. The molecule has 0 radical (unpaired) electrons. The van der Waals surface area contributed by atoms with E-state index in [9.17, 15) is 27.1 Å². The maximum atomic E-state index is 13.7. The van der Waals surface area contributed by atoms with Crippen molar-refractivity contribution in [1.29, 1.82) is 0 Å². The summed E-state index contributed by atoms with van der Waals surface area (Å²) in [6, 6.07) is 5.88. The highest BCUT2D eigenvalue weighted by atomic mass is 19.4. The van der Waals surface area contributed by atoms with Crippen LogP contribution in [0.5, 0.6) is 11.5 Å². The van der Waals surface area contributed by atoms with Crippen LogP contribution in [-0.2, 0) is 5.92 Å². The number of aromatic nitrogens is 1. The summed E-state index contributed by atoms with van der Waals surface area (Å²) in [5, 5.41) is 10.9. The second-order valence-electron chi connectivity index (χ2n) is 6.34. The number of rotatable bonds is 4. The van der Waals surface area contributed by atoms with E-state index in [2.05, 4.69) is 4.98 Å². The minimum Gasteiger partial charge on any atom is -0.506 e. The van der Waals surface area contributed by atoms with E-state index in [0.717, 1.165) is 17.7 Å². The van der Waals surface area contributed by atoms with E-state index in [-0.39, 0.29) is 11.7 Å². The molecular weight excluding hydrogens is 371 g/mol. The van der Waals surface area contributed by atoms with E-state index in [0.29, 0.717) is 32.0 Å². The highest BCUT2D eigenvalue weighted by Crippen LogP contribution is 2.47. The van der Waals surface area contributed by atoms with Gasteiger partial charge in [-0.2, -0.15) is 22.0 Å². The van der Waals surface area contributed by atoms with Crippen molar-refractivity contribution in [2.45, 2.75) is 30.9 Å². The highest BCUT2D eigenvalue weighted by Gasteiger charge is 2.60. The molecule has 27 heavy (non-hydrogen) atoms. The van der Waals surface area contributed by atoms with Gasteiger partial charge in [0.25, 0.3) is 0 Å². The Morgan fingerprint density at radius 3 is 2.33 bits per heavy atom. The van der Waals surface area contributed by atoms with Crippen LogP contribution in [0.15, 0.2) is 42.7 Å². The zero-order valence-electron chi connectivity index (χ0n) is 14.1. The fourth-order valence-corrected chi connectivity index (χ4v) is 3.05. The van der Waals surface area contributed by atoms with Gasteiger partial charge in [0.1, 0.15) is 5.75 Å². The summed E-state index contributed by atoms with van der Waals surface area (Å²) in [6.07, 6.45) is -1.58. The molecule has 1 aliphatic heterocycles. The van der Waals surface area contributed by atoms with Crippen LogP contribution in [-0.4, -0.2) is 34.4 Å². The van der Waals surface area contributed by atoms with Crippen LogP contribution >= 0.6 is 0 Å². The molecular formula is C18H17F5N2O2. The van der Waals surface area contributed by atoms with Gasteiger partial charge in [0.05, 0.1) is 11.8 Å². The van der Waals surface area contributed by atoms with Gasteiger partial charge in [-0.1, -0.05) is 12.1 Å². The molecule has 1 fully saturated rings. The molecule has 1 N–H and O–H groups in total. The van der Waals surface area contributed by atoms with E-state index >= 15 is 0 Å². The number of benzene rings is 1. The number of para-hydroxylation sites is 1. The third kappa shape index (κ3) is 4.13. The SMILES string of the molecule is Oc1cncc(C2CCN(Oc3ccccc3C(F)(F)C(F)(F)F)CC2)c1. The Morgan fingerprint density at radius 1 is 1.04 bits per heavy atom. The molecule has 0 unspecified atom stereocenters. The normalized spacial score (nSPS) is 17.1.